The average Bonchev–Trinajstić information content (AvgIpc) is 3.05. The molecule has 24 heavy (non-hydrogen) atoms. The van der Waals surface area contributed by atoms with E-state index in [0.29, 0.717) is 0 Å². The van der Waals surface area contributed by atoms with E-state index in [2.05, 4.69) is 48.5 Å². The van der Waals surface area contributed by atoms with Crippen molar-refractivity contribution in [1.82, 2.24) is 9.55 Å². The molecule has 0 radical (unpaired) electrons. The summed E-state index contributed by atoms with van der Waals surface area (Å²) < 4.78 is 1.77. The molecular weight excluding hydrogens is 316 g/mol. The van der Waals surface area contributed by atoms with Gasteiger partial charge in [-0.15, -0.1) is 11.3 Å². The highest BCUT2D eigenvalue weighted by Crippen LogP contribution is 2.30. The van der Waals surface area contributed by atoms with Crippen molar-refractivity contribution < 1.29 is 0 Å². The van der Waals surface area contributed by atoms with Gasteiger partial charge in [-0.2, -0.15) is 0 Å². The quantitative estimate of drug-likeness (QED) is 0.549. The molecule has 3 aromatic rings. The van der Waals surface area contributed by atoms with Crippen LogP contribution in [0.25, 0.3) is 21.3 Å². The molecular formula is C20H24N2OS. The maximum Gasteiger partial charge on any atom is 0.262 e. The van der Waals surface area contributed by atoms with Gasteiger partial charge in [0.2, 0.25) is 0 Å². The van der Waals surface area contributed by atoms with Gasteiger partial charge in [0.15, 0.2) is 0 Å². The highest BCUT2D eigenvalue weighted by molar-refractivity contribution is 7.17. The van der Waals surface area contributed by atoms with Gasteiger partial charge < -0.3 is 0 Å². The number of aryl methyl sites for hydroxylation is 2. The normalized spacial score (nSPS) is 11.2. The lowest BCUT2D eigenvalue weighted by molar-refractivity contribution is 0.568. The molecule has 0 spiro atoms. The van der Waals surface area contributed by atoms with Crippen LogP contribution in [0.2, 0.25) is 0 Å². The summed E-state index contributed by atoms with van der Waals surface area (Å²) in [6.07, 6.45) is 7.35. The molecule has 2 aromatic heterocycles. The second kappa shape index (κ2) is 7.75. The standard InChI is InChI=1S/C20H24N2OS/c1-3-5-6-7-12-22-14-21-19-18(20(22)23)17(13-24-19)16-10-8-15(4-2)9-11-16/h8-11,13-14H,3-7,12H2,1-2H3. The first-order valence-corrected chi connectivity index (χ1v) is 9.68. The molecule has 0 bridgehead atoms. The Labute approximate surface area is 147 Å². The molecule has 4 heteroatoms. The number of aromatic nitrogens is 2. The van der Waals surface area contributed by atoms with Gasteiger partial charge >= 0.3 is 0 Å². The smallest absolute Gasteiger partial charge is 0.262 e. The Bertz CT molecular complexity index is 861. The Balaban J connectivity index is 1.95. The predicted octanol–water partition coefficient (Wildman–Crippen LogP) is 5.27. The number of nitrogens with zero attached hydrogens (tertiary/aromatic N) is 2. The highest BCUT2D eigenvalue weighted by atomic mass is 32.1. The molecule has 3 rings (SSSR count). The molecule has 0 fully saturated rings. The van der Waals surface area contributed by atoms with Crippen LogP contribution >= 0.6 is 11.3 Å². The van der Waals surface area contributed by atoms with Crippen LogP contribution in [0.3, 0.4) is 0 Å². The van der Waals surface area contributed by atoms with E-state index in [4.69, 9.17) is 0 Å². The molecule has 126 valence electrons. The van der Waals surface area contributed by atoms with Crippen LogP contribution in [-0.4, -0.2) is 9.55 Å². The van der Waals surface area contributed by atoms with E-state index in [1.165, 1.54) is 18.4 Å². The zero-order valence-corrected chi connectivity index (χ0v) is 15.2. The first kappa shape index (κ1) is 16.9. The van der Waals surface area contributed by atoms with Crippen molar-refractivity contribution in [3.05, 3.63) is 51.9 Å². The van der Waals surface area contributed by atoms with Crippen molar-refractivity contribution in [1.29, 1.82) is 0 Å². The number of hydrogen-bond acceptors (Lipinski definition) is 3. The third-order valence-corrected chi connectivity index (χ3v) is 5.37. The zero-order valence-electron chi connectivity index (χ0n) is 14.4. The Morgan fingerprint density at radius 2 is 1.88 bits per heavy atom. The molecule has 3 nitrogen and oxygen atoms in total. The van der Waals surface area contributed by atoms with Crippen LogP contribution in [0.1, 0.15) is 45.1 Å². The van der Waals surface area contributed by atoms with Crippen LogP contribution in [0.5, 0.6) is 0 Å². The summed E-state index contributed by atoms with van der Waals surface area (Å²) in [6, 6.07) is 8.49. The lowest BCUT2D eigenvalue weighted by Crippen LogP contribution is -2.20. The number of fused-ring (bicyclic) bond motifs is 1. The van der Waals surface area contributed by atoms with Crippen molar-refractivity contribution in [2.24, 2.45) is 0 Å². The van der Waals surface area contributed by atoms with Crippen molar-refractivity contribution in [2.45, 2.75) is 52.5 Å². The van der Waals surface area contributed by atoms with E-state index < -0.39 is 0 Å². The Morgan fingerprint density at radius 1 is 1.08 bits per heavy atom. The molecule has 0 unspecified atom stereocenters. The van der Waals surface area contributed by atoms with Crippen LogP contribution in [0.4, 0.5) is 0 Å². The van der Waals surface area contributed by atoms with Crippen molar-refractivity contribution in [2.75, 3.05) is 0 Å². The molecule has 0 amide bonds. The van der Waals surface area contributed by atoms with E-state index in [-0.39, 0.29) is 5.56 Å². The topological polar surface area (TPSA) is 34.9 Å². The summed E-state index contributed by atoms with van der Waals surface area (Å²) in [5.74, 6) is 0. The van der Waals surface area contributed by atoms with Gasteiger partial charge in [0, 0.05) is 17.5 Å². The third kappa shape index (κ3) is 3.44. The Morgan fingerprint density at radius 3 is 2.58 bits per heavy atom. The van der Waals surface area contributed by atoms with Gasteiger partial charge in [-0.1, -0.05) is 57.4 Å². The molecule has 0 atom stereocenters. The van der Waals surface area contributed by atoms with E-state index >= 15 is 0 Å². The Kier molecular flexibility index (Phi) is 5.46. The van der Waals surface area contributed by atoms with Gasteiger partial charge in [0.1, 0.15) is 4.83 Å². The molecule has 0 aliphatic heterocycles. The van der Waals surface area contributed by atoms with Crippen molar-refractivity contribution in [3.8, 4) is 11.1 Å². The summed E-state index contributed by atoms with van der Waals surface area (Å²) in [5.41, 5.74) is 3.51. The van der Waals surface area contributed by atoms with E-state index in [0.717, 1.165) is 47.2 Å². The lowest BCUT2D eigenvalue weighted by atomic mass is 10.0. The average molecular weight is 340 g/mol. The first-order chi connectivity index (χ1) is 11.7. The molecule has 1 aromatic carbocycles. The lowest BCUT2D eigenvalue weighted by Gasteiger charge is -2.06. The summed E-state index contributed by atoms with van der Waals surface area (Å²) in [5, 5.41) is 2.82. The number of thiophene rings is 1. The fourth-order valence-electron chi connectivity index (χ4n) is 2.97. The van der Waals surface area contributed by atoms with Crippen molar-refractivity contribution in [3.63, 3.8) is 0 Å². The van der Waals surface area contributed by atoms with Gasteiger partial charge in [0.25, 0.3) is 5.56 Å². The van der Waals surface area contributed by atoms with E-state index in [9.17, 15) is 4.79 Å². The molecule has 0 saturated carbocycles. The van der Waals surface area contributed by atoms with Gasteiger partial charge in [-0.3, -0.25) is 9.36 Å². The minimum atomic E-state index is 0.0901. The van der Waals surface area contributed by atoms with Crippen molar-refractivity contribution >= 4 is 21.6 Å². The minimum absolute atomic E-state index is 0.0901. The SMILES string of the molecule is CCCCCCn1cnc2scc(-c3ccc(CC)cc3)c2c1=O. The molecule has 0 aliphatic carbocycles. The zero-order chi connectivity index (χ0) is 16.9. The summed E-state index contributed by atoms with van der Waals surface area (Å²) in [6.45, 7) is 5.10. The van der Waals surface area contributed by atoms with E-state index in [1.807, 2.05) is 0 Å². The summed E-state index contributed by atoms with van der Waals surface area (Å²) in [7, 11) is 0. The van der Waals surface area contributed by atoms with Crippen LogP contribution < -0.4 is 5.56 Å². The third-order valence-electron chi connectivity index (χ3n) is 4.49. The first-order valence-electron chi connectivity index (χ1n) is 8.80. The fourth-order valence-corrected chi connectivity index (χ4v) is 3.87. The van der Waals surface area contributed by atoms with Crippen LogP contribution in [0, 0.1) is 0 Å². The molecule has 0 N–H and O–H groups in total. The number of hydrogen-bond donors (Lipinski definition) is 0. The van der Waals surface area contributed by atoms with Gasteiger partial charge in [0.05, 0.1) is 11.7 Å². The second-order valence-electron chi connectivity index (χ2n) is 6.18. The van der Waals surface area contributed by atoms with Crippen LogP contribution in [0.15, 0.2) is 40.8 Å². The maximum atomic E-state index is 12.9. The molecule has 0 aliphatic rings. The van der Waals surface area contributed by atoms with Crippen LogP contribution in [-0.2, 0) is 13.0 Å². The van der Waals surface area contributed by atoms with Gasteiger partial charge in [-0.25, -0.2) is 4.98 Å². The molecule has 2 heterocycles. The van der Waals surface area contributed by atoms with Gasteiger partial charge in [-0.05, 0) is 24.0 Å². The maximum absolute atomic E-state index is 12.9. The number of benzene rings is 1. The number of unbranched alkanes of at least 4 members (excludes halogenated alkanes) is 3. The Hall–Kier alpha value is -1.94. The summed E-state index contributed by atoms with van der Waals surface area (Å²) >= 11 is 1.55. The largest absolute Gasteiger partial charge is 0.299 e. The van der Waals surface area contributed by atoms with E-state index in [1.54, 1.807) is 22.2 Å². The monoisotopic (exact) mass is 340 g/mol. The predicted molar refractivity (Wildman–Crippen MR) is 103 cm³/mol. The summed E-state index contributed by atoms with van der Waals surface area (Å²) in [4.78, 5) is 18.2. The second-order valence-corrected chi connectivity index (χ2v) is 7.04. The molecule has 0 saturated heterocycles. The minimum Gasteiger partial charge on any atom is -0.299 e. The fraction of sp³-hybridized carbons (Fsp3) is 0.400. The number of rotatable bonds is 7. The highest BCUT2D eigenvalue weighted by Gasteiger charge is 2.13.